The van der Waals surface area contributed by atoms with E-state index in [0.29, 0.717) is 5.75 Å². The predicted molar refractivity (Wildman–Crippen MR) is 94.2 cm³/mol. The highest BCUT2D eigenvalue weighted by Gasteiger charge is 2.07. The van der Waals surface area contributed by atoms with Gasteiger partial charge in [-0.3, -0.25) is 9.78 Å². The molecule has 0 bridgehead atoms. The van der Waals surface area contributed by atoms with E-state index in [-0.39, 0.29) is 12.5 Å². The van der Waals surface area contributed by atoms with Crippen LogP contribution in [0.15, 0.2) is 65.8 Å². The average molecular weight is 319 g/mol. The monoisotopic (exact) mass is 319 g/mol. The lowest BCUT2D eigenvalue weighted by Crippen LogP contribution is -2.24. The molecule has 0 radical (unpaired) electrons. The molecule has 5 nitrogen and oxygen atoms in total. The van der Waals surface area contributed by atoms with Gasteiger partial charge >= 0.3 is 0 Å². The number of aryl methyl sites for hydroxylation is 1. The normalized spacial score (nSPS) is 10.9. The van der Waals surface area contributed by atoms with Crippen molar-refractivity contribution in [2.24, 2.45) is 5.10 Å². The van der Waals surface area contributed by atoms with E-state index in [9.17, 15) is 4.79 Å². The minimum absolute atomic E-state index is 0.112. The highest BCUT2D eigenvalue weighted by Crippen LogP contribution is 2.24. The molecule has 0 atom stereocenters. The van der Waals surface area contributed by atoms with Gasteiger partial charge in [-0.2, -0.15) is 5.10 Å². The third-order valence-corrected chi connectivity index (χ3v) is 3.37. The molecule has 3 rings (SSSR count). The Hall–Kier alpha value is -3.21. The fraction of sp³-hybridized carbons (Fsp3) is 0.105. The van der Waals surface area contributed by atoms with E-state index >= 15 is 0 Å². The number of para-hydroxylation sites is 1. The smallest absolute Gasteiger partial charge is 0.277 e. The van der Waals surface area contributed by atoms with Crippen molar-refractivity contribution in [2.45, 2.75) is 6.92 Å². The number of aromatic nitrogens is 1. The van der Waals surface area contributed by atoms with Gasteiger partial charge in [-0.1, -0.05) is 42.5 Å². The average Bonchev–Trinajstić information content (AvgIpc) is 2.60. The first kappa shape index (κ1) is 15.7. The van der Waals surface area contributed by atoms with Gasteiger partial charge in [0.15, 0.2) is 6.61 Å². The Morgan fingerprint density at radius 3 is 2.75 bits per heavy atom. The number of fused-ring (bicyclic) bond motifs is 1. The van der Waals surface area contributed by atoms with Gasteiger partial charge in [-0.15, -0.1) is 0 Å². The summed E-state index contributed by atoms with van der Waals surface area (Å²) >= 11 is 0. The molecular weight excluding hydrogens is 302 g/mol. The Morgan fingerprint density at radius 2 is 1.92 bits per heavy atom. The number of amides is 1. The van der Waals surface area contributed by atoms with Crippen molar-refractivity contribution in [1.29, 1.82) is 0 Å². The van der Waals surface area contributed by atoms with Crippen LogP contribution >= 0.6 is 0 Å². The second-order valence-electron chi connectivity index (χ2n) is 5.27. The number of hydrazone groups is 1. The Labute approximate surface area is 140 Å². The van der Waals surface area contributed by atoms with E-state index in [1.807, 2.05) is 67.6 Å². The fourth-order valence-electron chi connectivity index (χ4n) is 2.28. The van der Waals surface area contributed by atoms with Gasteiger partial charge in [0, 0.05) is 17.1 Å². The molecule has 3 aromatic rings. The maximum absolute atomic E-state index is 11.9. The topological polar surface area (TPSA) is 63.6 Å². The largest absolute Gasteiger partial charge is 0.483 e. The summed E-state index contributed by atoms with van der Waals surface area (Å²) in [4.78, 5) is 16.3. The molecule has 1 amide bonds. The number of benzene rings is 2. The van der Waals surface area contributed by atoms with Crippen LogP contribution in [0.2, 0.25) is 0 Å². The summed E-state index contributed by atoms with van der Waals surface area (Å²) in [5.74, 6) is 0.320. The van der Waals surface area contributed by atoms with Crippen LogP contribution in [0.1, 0.15) is 11.3 Å². The Kier molecular flexibility index (Phi) is 4.81. The van der Waals surface area contributed by atoms with Gasteiger partial charge < -0.3 is 4.74 Å². The summed E-state index contributed by atoms with van der Waals surface area (Å²) in [5, 5.41) is 4.80. The molecule has 1 aromatic heterocycles. The SMILES string of the molecule is Cc1cc(OCC(=O)N/N=C\c2ccccc2)c2ccccc2n1. The molecule has 0 aliphatic carbocycles. The molecule has 120 valence electrons. The Balaban J connectivity index is 1.61. The lowest BCUT2D eigenvalue weighted by molar-refractivity contribution is -0.123. The number of carbonyl (C=O) groups is 1. The van der Waals surface area contributed by atoms with E-state index in [0.717, 1.165) is 22.2 Å². The van der Waals surface area contributed by atoms with Crippen LogP contribution < -0.4 is 10.2 Å². The first-order valence-corrected chi connectivity index (χ1v) is 7.58. The van der Waals surface area contributed by atoms with Crippen LogP contribution in [0.25, 0.3) is 10.9 Å². The maximum Gasteiger partial charge on any atom is 0.277 e. The first-order valence-electron chi connectivity index (χ1n) is 7.58. The zero-order valence-corrected chi connectivity index (χ0v) is 13.3. The standard InChI is InChI=1S/C19H17N3O2/c1-14-11-18(16-9-5-6-10-17(16)21-14)24-13-19(23)22-20-12-15-7-3-2-4-8-15/h2-12H,13H2,1H3,(H,22,23)/b20-12-. The van der Waals surface area contributed by atoms with Crippen LogP contribution in [0.3, 0.4) is 0 Å². The number of nitrogens with zero attached hydrogens (tertiary/aromatic N) is 2. The highest BCUT2D eigenvalue weighted by molar-refractivity contribution is 5.86. The van der Waals surface area contributed by atoms with Crippen LogP contribution in [0.5, 0.6) is 5.75 Å². The highest BCUT2D eigenvalue weighted by atomic mass is 16.5. The first-order chi connectivity index (χ1) is 11.7. The van der Waals surface area contributed by atoms with Gasteiger partial charge in [0.2, 0.25) is 0 Å². The molecule has 0 spiro atoms. The van der Waals surface area contributed by atoms with Gasteiger partial charge in [0.25, 0.3) is 5.91 Å². The minimum atomic E-state index is -0.319. The molecular formula is C19H17N3O2. The van der Waals surface area contributed by atoms with Crippen LogP contribution in [0.4, 0.5) is 0 Å². The molecule has 0 aliphatic heterocycles. The number of hydrogen-bond donors (Lipinski definition) is 1. The van der Waals surface area contributed by atoms with Crippen LogP contribution in [-0.4, -0.2) is 23.7 Å². The number of ether oxygens (including phenoxy) is 1. The van der Waals surface area contributed by atoms with Crippen molar-refractivity contribution in [1.82, 2.24) is 10.4 Å². The van der Waals surface area contributed by atoms with Gasteiger partial charge in [0.05, 0.1) is 11.7 Å². The molecule has 1 N–H and O–H groups in total. The Morgan fingerprint density at radius 1 is 1.17 bits per heavy atom. The zero-order valence-electron chi connectivity index (χ0n) is 13.3. The van der Waals surface area contributed by atoms with Crippen molar-refractivity contribution in [2.75, 3.05) is 6.61 Å². The molecule has 5 heteroatoms. The summed E-state index contributed by atoms with van der Waals surface area (Å²) < 4.78 is 5.64. The maximum atomic E-state index is 11.9. The van der Waals surface area contributed by atoms with Gasteiger partial charge in [-0.25, -0.2) is 5.43 Å². The van der Waals surface area contributed by atoms with Gasteiger partial charge in [-0.05, 0) is 24.6 Å². The van der Waals surface area contributed by atoms with E-state index < -0.39 is 0 Å². The van der Waals surface area contributed by atoms with Crippen LogP contribution in [0, 0.1) is 6.92 Å². The molecule has 24 heavy (non-hydrogen) atoms. The van der Waals surface area contributed by atoms with E-state index in [1.165, 1.54) is 0 Å². The molecule has 2 aromatic carbocycles. The predicted octanol–water partition coefficient (Wildman–Crippen LogP) is 3.07. The molecule has 0 saturated heterocycles. The van der Waals surface area contributed by atoms with Gasteiger partial charge in [0.1, 0.15) is 5.75 Å². The van der Waals surface area contributed by atoms with E-state index in [1.54, 1.807) is 6.21 Å². The Bertz CT molecular complexity index is 876. The number of hydrogen-bond acceptors (Lipinski definition) is 4. The molecule has 0 aliphatic rings. The molecule has 0 fully saturated rings. The lowest BCUT2D eigenvalue weighted by Gasteiger charge is -2.09. The summed E-state index contributed by atoms with van der Waals surface area (Å²) in [6, 6.07) is 19.0. The molecule has 0 saturated carbocycles. The quantitative estimate of drug-likeness (QED) is 0.580. The molecule has 0 unspecified atom stereocenters. The van der Waals surface area contributed by atoms with Crippen molar-refractivity contribution >= 4 is 23.0 Å². The van der Waals surface area contributed by atoms with E-state index in [4.69, 9.17) is 4.74 Å². The summed E-state index contributed by atoms with van der Waals surface area (Å²) in [6.07, 6.45) is 1.59. The molecule has 1 heterocycles. The summed E-state index contributed by atoms with van der Waals surface area (Å²) in [5.41, 5.74) is 5.05. The fourth-order valence-corrected chi connectivity index (χ4v) is 2.28. The number of rotatable bonds is 5. The summed E-state index contributed by atoms with van der Waals surface area (Å²) in [7, 11) is 0. The summed E-state index contributed by atoms with van der Waals surface area (Å²) in [6.45, 7) is 1.78. The van der Waals surface area contributed by atoms with Crippen molar-refractivity contribution in [3.63, 3.8) is 0 Å². The zero-order chi connectivity index (χ0) is 16.8. The minimum Gasteiger partial charge on any atom is -0.483 e. The van der Waals surface area contributed by atoms with Crippen molar-refractivity contribution < 1.29 is 9.53 Å². The van der Waals surface area contributed by atoms with Crippen molar-refractivity contribution in [3.05, 3.63) is 71.9 Å². The third kappa shape index (κ3) is 3.95. The van der Waals surface area contributed by atoms with Crippen LogP contribution in [-0.2, 0) is 4.79 Å². The van der Waals surface area contributed by atoms with Crippen molar-refractivity contribution in [3.8, 4) is 5.75 Å². The second-order valence-corrected chi connectivity index (χ2v) is 5.27. The van der Waals surface area contributed by atoms with E-state index in [2.05, 4.69) is 15.5 Å². The number of nitrogens with one attached hydrogen (secondary N) is 1. The number of carbonyl (C=O) groups excluding carboxylic acids is 1. The third-order valence-electron chi connectivity index (χ3n) is 3.37. The lowest BCUT2D eigenvalue weighted by atomic mass is 10.2. The number of pyridine rings is 1. The second kappa shape index (κ2) is 7.37.